The van der Waals surface area contributed by atoms with E-state index in [0.29, 0.717) is 0 Å². The first kappa shape index (κ1) is 9.17. The largest absolute Gasteiger partial charge is 0.114 e. The molecule has 0 aliphatic rings. The van der Waals surface area contributed by atoms with Crippen LogP contribution in [0.5, 0.6) is 0 Å². The zero-order chi connectivity index (χ0) is 6.95. The maximum absolute atomic E-state index is 2.60. The highest BCUT2D eigenvalue weighted by Crippen LogP contribution is 2.03. The third kappa shape index (κ3) is 8.17. The average Bonchev–Trinajstić information content (AvgIpc) is 1.89. The van der Waals surface area contributed by atoms with Crippen molar-refractivity contribution in [1.29, 1.82) is 0 Å². The van der Waals surface area contributed by atoms with E-state index in [1.165, 1.54) is 32.1 Å². The summed E-state index contributed by atoms with van der Waals surface area (Å²) < 4.78 is 0. The number of allylic oxidation sites excluding steroid dienone is 1. The molecule has 0 amide bonds. The highest BCUT2D eigenvalue weighted by Gasteiger charge is 1.82. The maximum atomic E-state index is 2.60. The molecule has 1 heteroatoms. The molecule has 54 valence electrons. The van der Waals surface area contributed by atoms with Crippen molar-refractivity contribution in [2.75, 3.05) is 0 Å². The molecule has 0 aromatic heterocycles. The van der Waals surface area contributed by atoms with Crippen LogP contribution in [0.3, 0.4) is 0 Å². The molecule has 0 saturated heterocycles. The Morgan fingerprint density at radius 3 is 2.56 bits per heavy atom. The molecule has 0 aromatic carbocycles. The average molecular weight is 144 g/mol. The lowest BCUT2D eigenvalue weighted by Crippen LogP contribution is -1.72. The van der Waals surface area contributed by atoms with Gasteiger partial charge < -0.3 is 0 Å². The van der Waals surface area contributed by atoms with Crippen LogP contribution in [-0.2, 0) is 0 Å². The molecule has 0 nitrogen and oxygen atoms in total. The van der Waals surface area contributed by atoms with Crippen molar-refractivity contribution in [2.24, 2.45) is 0 Å². The summed E-state index contributed by atoms with van der Waals surface area (Å²) in [6.07, 6.45) is 8.95. The number of unbranched alkanes of at least 4 members (excludes halogenated alkanes) is 4. The minimum atomic E-state index is 1.25. The zero-order valence-corrected chi connectivity index (χ0v) is 7.42. The Morgan fingerprint density at radius 2 is 2.00 bits per heavy atom. The van der Waals surface area contributed by atoms with Crippen LogP contribution in [0, 0.1) is 0 Å². The first-order valence-electron chi connectivity index (χ1n) is 3.78. The van der Waals surface area contributed by atoms with E-state index in [1.54, 1.807) is 0 Å². The molecule has 9 heavy (non-hydrogen) atoms. The third-order valence-electron chi connectivity index (χ3n) is 1.36. The van der Waals surface area contributed by atoms with Crippen LogP contribution < -0.4 is 0 Å². The second kappa shape index (κ2) is 8.17. The normalized spacial score (nSPS) is 10.9. The summed E-state index contributed by atoms with van der Waals surface area (Å²) in [5, 5.41) is 0. The molecule has 1 atom stereocenters. The Balaban J connectivity index is 2.75. The molecule has 0 heterocycles. The van der Waals surface area contributed by atoms with Gasteiger partial charge in [0.15, 0.2) is 0 Å². The Morgan fingerprint density at radius 1 is 1.22 bits per heavy atom. The van der Waals surface area contributed by atoms with Crippen LogP contribution in [0.1, 0.15) is 39.0 Å². The molecule has 0 aliphatic heterocycles. The summed E-state index contributed by atoms with van der Waals surface area (Å²) in [6.45, 7) is 2.24. The molecule has 0 radical (unpaired) electrons. The Bertz CT molecular complexity index is 67.0. The van der Waals surface area contributed by atoms with E-state index in [-0.39, 0.29) is 0 Å². The van der Waals surface area contributed by atoms with Gasteiger partial charge in [-0.3, -0.25) is 0 Å². The van der Waals surface area contributed by atoms with Crippen molar-refractivity contribution in [2.45, 2.75) is 39.0 Å². The summed E-state index contributed by atoms with van der Waals surface area (Å²) in [5.41, 5.74) is 0. The van der Waals surface area contributed by atoms with Crippen LogP contribution in [0.4, 0.5) is 0 Å². The molecule has 0 bridgehead atoms. The van der Waals surface area contributed by atoms with Gasteiger partial charge >= 0.3 is 0 Å². The van der Waals surface area contributed by atoms with E-state index in [4.69, 9.17) is 0 Å². The lowest BCUT2D eigenvalue weighted by Gasteiger charge is -1.92. The van der Waals surface area contributed by atoms with Gasteiger partial charge in [0.25, 0.3) is 0 Å². The topological polar surface area (TPSA) is 0 Å². The molecule has 0 aliphatic carbocycles. The van der Waals surface area contributed by atoms with Crippen molar-refractivity contribution in [3.05, 3.63) is 11.9 Å². The molecule has 0 spiro atoms. The quantitative estimate of drug-likeness (QED) is 0.410. The fraction of sp³-hybridized carbons (Fsp3) is 0.750. The molecule has 0 fully saturated rings. The Labute approximate surface area is 60.9 Å². The minimum Gasteiger partial charge on any atom is -0.114 e. The molecular formula is C8H17P. The molecule has 0 saturated carbocycles. The van der Waals surface area contributed by atoms with Crippen LogP contribution in [0.15, 0.2) is 11.9 Å². The maximum Gasteiger partial charge on any atom is -0.0347 e. The second-order valence-electron chi connectivity index (χ2n) is 2.28. The van der Waals surface area contributed by atoms with Crippen molar-refractivity contribution in [3.8, 4) is 0 Å². The minimum absolute atomic E-state index is 1.25. The summed E-state index contributed by atoms with van der Waals surface area (Å²) in [4.78, 5) is 0. The number of rotatable bonds is 5. The highest BCUT2D eigenvalue weighted by molar-refractivity contribution is 7.20. The van der Waals surface area contributed by atoms with Gasteiger partial charge in [0, 0.05) is 0 Å². The highest BCUT2D eigenvalue weighted by atomic mass is 31.0. The van der Waals surface area contributed by atoms with E-state index >= 15 is 0 Å². The summed E-state index contributed by atoms with van der Waals surface area (Å²) in [5.74, 6) is 2.05. The van der Waals surface area contributed by atoms with Crippen molar-refractivity contribution in [3.63, 3.8) is 0 Å². The first-order valence-corrected chi connectivity index (χ1v) is 4.45. The third-order valence-corrected chi connectivity index (χ3v) is 1.63. The second-order valence-corrected chi connectivity index (χ2v) is 2.66. The standard InChI is InChI=1S/C8H17P/c1-2-3-4-5-6-7-8-9/h7-8H,2-6,9H2,1H3/b8-7+. The predicted octanol–water partition coefficient (Wildman–Crippen LogP) is 3.35. The van der Waals surface area contributed by atoms with E-state index in [1.807, 2.05) is 5.82 Å². The van der Waals surface area contributed by atoms with Gasteiger partial charge in [0.1, 0.15) is 0 Å². The van der Waals surface area contributed by atoms with Crippen molar-refractivity contribution < 1.29 is 0 Å². The van der Waals surface area contributed by atoms with Gasteiger partial charge in [-0.2, -0.15) is 0 Å². The summed E-state index contributed by atoms with van der Waals surface area (Å²) >= 11 is 0. The summed E-state index contributed by atoms with van der Waals surface area (Å²) in [7, 11) is 2.60. The lowest BCUT2D eigenvalue weighted by molar-refractivity contribution is 0.675. The lowest BCUT2D eigenvalue weighted by atomic mass is 10.2. The number of hydrogen-bond acceptors (Lipinski definition) is 0. The van der Waals surface area contributed by atoms with Gasteiger partial charge in [-0.15, -0.1) is 9.24 Å². The predicted molar refractivity (Wildman–Crippen MR) is 47.6 cm³/mol. The fourth-order valence-electron chi connectivity index (χ4n) is 0.785. The Hall–Kier alpha value is 0.170. The van der Waals surface area contributed by atoms with E-state index in [0.717, 1.165) is 0 Å². The SMILES string of the molecule is CCCCCC/C=C/P. The van der Waals surface area contributed by atoms with Crippen molar-refractivity contribution in [1.82, 2.24) is 0 Å². The van der Waals surface area contributed by atoms with Crippen LogP contribution in [-0.4, -0.2) is 0 Å². The van der Waals surface area contributed by atoms with Crippen molar-refractivity contribution >= 4 is 9.24 Å². The van der Waals surface area contributed by atoms with E-state index in [2.05, 4.69) is 22.2 Å². The summed E-state index contributed by atoms with van der Waals surface area (Å²) in [6, 6.07) is 0. The smallest absolute Gasteiger partial charge is 0.0347 e. The van der Waals surface area contributed by atoms with Crippen LogP contribution in [0.25, 0.3) is 0 Å². The van der Waals surface area contributed by atoms with Crippen LogP contribution in [0.2, 0.25) is 0 Å². The molecule has 1 unspecified atom stereocenters. The molecular weight excluding hydrogens is 127 g/mol. The van der Waals surface area contributed by atoms with E-state index < -0.39 is 0 Å². The molecule has 0 rings (SSSR count). The number of hydrogen-bond donors (Lipinski definition) is 0. The van der Waals surface area contributed by atoms with Gasteiger partial charge in [-0.1, -0.05) is 38.1 Å². The van der Waals surface area contributed by atoms with Gasteiger partial charge in [-0.25, -0.2) is 0 Å². The first-order chi connectivity index (χ1) is 4.41. The zero-order valence-electron chi connectivity index (χ0n) is 6.27. The van der Waals surface area contributed by atoms with Gasteiger partial charge in [0.2, 0.25) is 0 Å². The monoisotopic (exact) mass is 144 g/mol. The van der Waals surface area contributed by atoms with E-state index in [9.17, 15) is 0 Å². The fourth-order valence-corrected chi connectivity index (χ4v) is 0.978. The van der Waals surface area contributed by atoms with Crippen LogP contribution >= 0.6 is 9.24 Å². The molecule has 0 aromatic rings. The van der Waals surface area contributed by atoms with Gasteiger partial charge in [-0.05, 0) is 12.8 Å². The van der Waals surface area contributed by atoms with Gasteiger partial charge in [0.05, 0.1) is 0 Å². The molecule has 0 N–H and O–H groups in total. The Kier molecular flexibility index (Phi) is 8.32.